The van der Waals surface area contributed by atoms with Crippen LogP contribution in [0.1, 0.15) is 25.1 Å². The maximum absolute atomic E-state index is 4.30. The fourth-order valence-electron chi connectivity index (χ4n) is 1.61. The fraction of sp³-hybridized carbons (Fsp3) is 0.667. The molecule has 0 bridgehead atoms. The lowest BCUT2D eigenvalue weighted by molar-refractivity contribution is 0.566. The Kier molecular flexibility index (Phi) is 2.38. The van der Waals surface area contributed by atoms with Gasteiger partial charge in [-0.05, 0) is 26.2 Å². The Hall–Kier alpha value is -1.19. The lowest BCUT2D eigenvalue weighted by atomic mass is 10.1. The Morgan fingerprint density at radius 3 is 2.62 bits per heavy atom. The third-order valence-electron chi connectivity index (χ3n) is 2.32. The van der Waals surface area contributed by atoms with E-state index in [1.54, 1.807) is 6.33 Å². The van der Waals surface area contributed by atoms with Crippen molar-refractivity contribution in [2.75, 3.05) is 18.0 Å². The van der Waals surface area contributed by atoms with Crippen molar-refractivity contribution < 1.29 is 0 Å². The minimum absolute atomic E-state index is 0.801. The highest BCUT2D eigenvalue weighted by Gasteiger charge is 2.12. The van der Waals surface area contributed by atoms with Crippen LogP contribution in [0.15, 0.2) is 6.33 Å². The molecule has 1 fully saturated rings. The lowest BCUT2D eigenvalue weighted by Gasteiger charge is -2.26. The molecule has 0 radical (unpaired) electrons. The molecular weight excluding hydrogens is 164 g/mol. The summed E-state index contributed by atoms with van der Waals surface area (Å²) in [6.07, 6.45) is 5.43. The van der Waals surface area contributed by atoms with Crippen molar-refractivity contribution in [1.82, 2.24) is 15.0 Å². The smallest absolute Gasteiger partial charge is 0.228 e. The molecule has 0 spiro atoms. The Bertz CT molecular complexity index is 281. The number of hydrogen-bond donors (Lipinski definition) is 0. The van der Waals surface area contributed by atoms with Crippen molar-refractivity contribution in [1.29, 1.82) is 0 Å². The molecule has 0 aromatic carbocycles. The SMILES string of the molecule is Cc1ncnc(N2CCCCC2)n1. The van der Waals surface area contributed by atoms with E-state index in [1.165, 1.54) is 19.3 Å². The molecule has 0 amide bonds. The molecule has 4 heteroatoms. The van der Waals surface area contributed by atoms with Gasteiger partial charge in [-0.1, -0.05) is 0 Å². The zero-order valence-electron chi connectivity index (χ0n) is 7.90. The first-order valence-electron chi connectivity index (χ1n) is 4.77. The van der Waals surface area contributed by atoms with Crippen molar-refractivity contribution in [3.8, 4) is 0 Å². The molecule has 2 rings (SSSR count). The van der Waals surface area contributed by atoms with E-state index in [-0.39, 0.29) is 0 Å². The highest BCUT2D eigenvalue weighted by molar-refractivity contribution is 5.28. The molecule has 0 unspecified atom stereocenters. The van der Waals surface area contributed by atoms with Gasteiger partial charge in [-0.3, -0.25) is 0 Å². The van der Waals surface area contributed by atoms with Gasteiger partial charge in [0.15, 0.2) is 0 Å². The summed E-state index contributed by atoms with van der Waals surface area (Å²) < 4.78 is 0. The number of piperidine rings is 1. The third kappa shape index (κ3) is 1.94. The standard InChI is InChI=1S/C9H14N4/c1-8-10-7-11-9(12-8)13-5-3-2-4-6-13/h7H,2-6H2,1H3. The van der Waals surface area contributed by atoms with E-state index in [2.05, 4.69) is 19.9 Å². The predicted octanol–water partition coefficient (Wildman–Crippen LogP) is 1.17. The number of rotatable bonds is 1. The maximum Gasteiger partial charge on any atom is 0.228 e. The summed E-state index contributed by atoms with van der Waals surface area (Å²) >= 11 is 0. The topological polar surface area (TPSA) is 41.9 Å². The monoisotopic (exact) mass is 178 g/mol. The van der Waals surface area contributed by atoms with Gasteiger partial charge in [0.2, 0.25) is 5.95 Å². The zero-order valence-corrected chi connectivity index (χ0v) is 7.90. The second-order valence-electron chi connectivity index (χ2n) is 3.38. The van der Waals surface area contributed by atoms with Gasteiger partial charge in [-0.25, -0.2) is 9.97 Å². The van der Waals surface area contributed by atoms with Gasteiger partial charge >= 0.3 is 0 Å². The largest absolute Gasteiger partial charge is 0.341 e. The Morgan fingerprint density at radius 1 is 1.15 bits per heavy atom. The second-order valence-corrected chi connectivity index (χ2v) is 3.38. The molecule has 0 atom stereocenters. The number of aromatic nitrogens is 3. The van der Waals surface area contributed by atoms with Crippen molar-refractivity contribution in [3.05, 3.63) is 12.2 Å². The number of anilines is 1. The van der Waals surface area contributed by atoms with Gasteiger partial charge in [-0.2, -0.15) is 4.98 Å². The Morgan fingerprint density at radius 2 is 1.92 bits per heavy atom. The van der Waals surface area contributed by atoms with Gasteiger partial charge in [0.05, 0.1) is 0 Å². The van der Waals surface area contributed by atoms with Crippen molar-refractivity contribution in [3.63, 3.8) is 0 Å². The Balaban J connectivity index is 2.14. The lowest BCUT2D eigenvalue weighted by Crippen LogP contribution is -2.31. The molecule has 1 aliphatic heterocycles. The van der Waals surface area contributed by atoms with Crippen LogP contribution < -0.4 is 4.90 Å². The molecular formula is C9H14N4. The highest BCUT2D eigenvalue weighted by Crippen LogP contribution is 2.14. The van der Waals surface area contributed by atoms with Gasteiger partial charge in [0.1, 0.15) is 12.2 Å². The number of aryl methyl sites for hydroxylation is 1. The van der Waals surface area contributed by atoms with Crippen LogP contribution in [0.25, 0.3) is 0 Å². The van der Waals surface area contributed by atoms with Crippen LogP contribution in [0.5, 0.6) is 0 Å². The molecule has 70 valence electrons. The van der Waals surface area contributed by atoms with Crippen LogP contribution in [-0.2, 0) is 0 Å². The highest BCUT2D eigenvalue weighted by atomic mass is 15.3. The molecule has 4 nitrogen and oxygen atoms in total. The summed E-state index contributed by atoms with van der Waals surface area (Å²) in [4.78, 5) is 14.7. The van der Waals surface area contributed by atoms with Crippen LogP contribution in [-0.4, -0.2) is 28.0 Å². The van der Waals surface area contributed by atoms with Crippen LogP contribution >= 0.6 is 0 Å². The molecule has 0 N–H and O–H groups in total. The summed E-state index contributed by atoms with van der Waals surface area (Å²) in [6.45, 7) is 4.07. The molecule has 1 aromatic heterocycles. The molecule has 0 aliphatic carbocycles. The molecule has 2 heterocycles. The normalized spacial score (nSPS) is 17.5. The summed E-state index contributed by atoms with van der Waals surface area (Å²) in [5, 5.41) is 0. The van der Waals surface area contributed by atoms with Crippen molar-refractivity contribution in [2.45, 2.75) is 26.2 Å². The van der Waals surface area contributed by atoms with Crippen molar-refractivity contribution >= 4 is 5.95 Å². The van der Waals surface area contributed by atoms with Crippen LogP contribution in [0.4, 0.5) is 5.95 Å². The van der Waals surface area contributed by atoms with Crippen molar-refractivity contribution in [2.24, 2.45) is 0 Å². The second kappa shape index (κ2) is 3.68. The fourth-order valence-corrected chi connectivity index (χ4v) is 1.61. The zero-order chi connectivity index (χ0) is 9.10. The summed E-state index contributed by atoms with van der Waals surface area (Å²) in [5.74, 6) is 1.64. The molecule has 1 saturated heterocycles. The Labute approximate surface area is 78.0 Å². The molecule has 1 aromatic rings. The van der Waals surface area contributed by atoms with Crippen LogP contribution in [0.2, 0.25) is 0 Å². The van der Waals surface area contributed by atoms with E-state index in [0.29, 0.717) is 0 Å². The van der Waals surface area contributed by atoms with E-state index >= 15 is 0 Å². The molecule has 0 saturated carbocycles. The van der Waals surface area contributed by atoms with Crippen LogP contribution in [0, 0.1) is 6.92 Å². The van der Waals surface area contributed by atoms with Gasteiger partial charge in [0.25, 0.3) is 0 Å². The minimum atomic E-state index is 0.801. The number of nitrogens with zero attached hydrogens (tertiary/aromatic N) is 4. The quantitative estimate of drug-likeness (QED) is 0.647. The van der Waals surface area contributed by atoms with Gasteiger partial charge in [0, 0.05) is 13.1 Å². The summed E-state index contributed by atoms with van der Waals surface area (Å²) in [7, 11) is 0. The first-order valence-corrected chi connectivity index (χ1v) is 4.77. The van der Waals surface area contributed by atoms with Gasteiger partial charge < -0.3 is 4.90 Å². The third-order valence-corrected chi connectivity index (χ3v) is 2.32. The predicted molar refractivity (Wildman–Crippen MR) is 50.6 cm³/mol. The number of hydrogen-bond acceptors (Lipinski definition) is 4. The first-order chi connectivity index (χ1) is 6.36. The van der Waals surface area contributed by atoms with E-state index in [4.69, 9.17) is 0 Å². The average molecular weight is 178 g/mol. The van der Waals surface area contributed by atoms with Gasteiger partial charge in [-0.15, -0.1) is 0 Å². The van der Waals surface area contributed by atoms with Crippen LogP contribution in [0.3, 0.4) is 0 Å². The summed E-state index contributed by atoms with van der Waals surface area (Å²) in [5.41, 5.74) is 0. The molecule has 1 aliphatic rings. The van der Waals surface area contributed by atoms with E-state index in [9.17, 15) is 0 Å². The van der Waals surface area contributed by atoms with E-state index in [0.717, 1.165) is 24.9 Å². The average Bonchev–Trinajstić information content (AvgIpc) is 2.19. The first kappa shape index (κ1) is 8.41. The summed E-state index contributed by atoms with van der Waals surface area (Å²) in [6, 6.07) is 0. The maximum atomic E-state index is 4.30. The van der Waals surface area contributed by atoms with E-state index < -0.39 is 0 Å². The minimum Gasteiger partial charge on any atom is -0.341 e. The molecule has 13 heavy (non-hydrogen) atoms. The van der Waals surface area contributed by atoms with E-state index in [1.807, 2.05) is 6.92 Å².